The molecule has 0 spiro atoms. The zero-order valence-corrected chi connectivity index (χ0v) is 14.1. The van der Waals surface area contributed by atoms with Crippen molar-refractivity contribution in [1.29, 1.82) is 0 Å². The summed E-state index contributed by atoms with van der Waals surface area (Å²) in [6, 6.07) is 13.8. The van der Waals surface area contributed by atoms with Crippen molar-refractivity contribution in [3.8, 4) is 5.75 Å². The summed E-state index contributed by atoms with van der Waals surface area (Å²) in [4.78, 5) is 0.287. The highest BCUT2D eigenvalue weighted by Gasteiger charge is 2.54. The third kappa shape index (κ3) is 2.11. The number of rotatable bonds is 3. The van der Waals surface area contributed by atoms with Gasteiger partial charge in [0.15, 0.2) is 0 Å². The van der Waals surface area contributed by atoms with E-state index in [2.05, 4.69) is 22.9 Å². The molecule has 2 aliphatic carbocycles. The van der Waals surface area contributed by atoms with Crippen molar-refractivity contribution in [3.05, 3.63) is 59.2 Å². The maximum Gasteiger partial charge on any atom is 0.244 e. The summed E-state index contributed by atoms with van der Waals surface area (Å²) < 4.78 is 34.3. The number of sulfonamides is 1. The molecule has 0 amide bonds. The van der Waals surface area contributed by atoms with Crippen molar-refractivity contribution in [2.24, 2.45) is 5.92 Å². The summed E-state index contributed by atoms with van der Waals surface area (Å²) in [7, 11) is -3.56. The van der Waals surface area contributed by atoms with Crippen LogP contribution in [-0.2, 0) is 22.9 Å². The van der Waals surface area contributed by atoms with Crippen LogP contribution in [0.1, 0.15) is 29.0 Å². The normalized spacial score (nSPS) is 26.9. The van der Waals surface area contributed by atoms with E-state index in [1.54, 1.807) is 12.1 Å². The molecule has 0 bridgehead atoms. The first-order chi connectivity index (χ1) is 11.6. The summed E-state index contributed by atoms with van der Waals surface area (Å²) >= 11 is 0. The maximum atomic E-state index is 12.9. The van der Waals surface area contributed by atoms with Crippen LogP contribution in [-0.4, -0.2) is 21.1 Å². The minimum atomic E-state index is -3.56. The van der Waals surface area contributed by atoms with Gasteiger partial charge in [-0.3, -0.25) is 0 Å². The van der Waals surface area contributed by atoms with E-state index in [0.29, 0.717) is 24.2 Å². The molecule has 2 aromatic carbocycles. The van der Waals surface area contributed by atoms with Crippen LogP contribution < -0.4 is 9.46 Å². The monoisotopic (exact) mass is 341 g/mol. The predicted octanol–water partition coefficient (Wildman–Crippen LogP) is 2.63. The van der Waals surface area contributed by atoms with Crippen LogP contribution in [0.4, 0.5) is 0 Å². The first kappa shape index (κ1) is 14.5. The van der Waals surface area contributed by atoms with Crippen LogP contribution in [0.2, 0.25) is 0 Å². The Balaban J connectivity index is 1.45. The minimum absolute atomic E-state index is 0.0101. The van der Waals surface area contributed by atoms with Crippen molar-refractivity contribution >= 4 is 10.0 Å². The van der Waals surface area contributed by atoms with Gasteiger partial charge in [-0.15, -0.1) is 0 Å². The Morgan fingerprint density at radius 1 is 1.00 bits per heavy atom. The van der Waals surface area contributed by atoms with Crippen LogP contribution >= 0.6 is 0 Å². The Kier molecular flexibility index (Phi) is 3.06. The van der Waals surface area contributed by atoms with E-state index < -0.39 is 10.0 Å². The Labute approximate surface area is 141 Å². The number of fused-ring (bicyclic) bond motifs is 4. The lowest BCUT2D eigenvalue weighted by molar-refractivity contribution is 0.348. The van der Waals surface area contributed by atoms with Crippen LogP contribution in [0.25, 0.3) is 0 Å². The molecule has 1 N–H and O–H groups in total. The summed E-state index contributed by atoms with van der Waals surface area (Å²) in [6.45, 7) is 0.559. The van der Waals surface area contributed by atoms with Crippen molar-refractivity contribution in [2.75, 3.05) is 6.61 Å². The van der Waals surface area contributed by atoms with E-state index >= 15 is 0 Å². The fraction of sp³-hybridized carbons (Fsp3) is 0.368. The molecule has 1 heterocycles. The lowest BCUT2D eigenvalue weighted by Crippen LogP contribution is -2.28. The number of ether oxygens (including phenoxy) is 1. The lowest BCUT2D eigenvalue weighted by Gasteiger charge is -2.13. The predicted molar refractivity (Wildman–Crippen MR) is 90.7 cm³/mol. The van der Waals surface area contributed by atoms with Crippen molar-refractivity contribution in [1.82, 2.24) is 4.72 Å². The number of hydrogen-bond acceptors (Lipinski definition) is 3. The molecule has 3 atom stereocenters. The van der Waals surface area contributed by atoms with Crippen molar-refractivity contribution in [3.63, 3.8) is 0 Å². The van der Waals surface area contributed by atoms with Crippen molar-refractivity contribution < 1.29 is 13.2 Å². The summed E-state index contributed by atoms with van der Waals surface area (Å²) in [5, 5.41) is 0. The van der Waals surface area contributed by atoms with Crippen LogP contribution in [0.3, 0.4) is 0 Å². The van der Waals surface area contributed by atoms with Gasteiger partial charge >= 0.3 is 0 Å². The molecule has 1 fully saturated rings. The van der Waals surface area contributed by atoms with Gasteiger partial charge in [0.25, 0.3) is 0 Å². The lowest BCUT2D eigenvalue weighted by atomic mass is 9.92. The highest BCUT2D eigenvalue weighted by atomic mass is 32.2. The zero-order valence-electron chi connectivity index (χ0n) is 13.2. The van der Waals surface area contributed by atoms with Gasteiger partial charge in [-0.25, -0.2) is 13.1 Å². The van der Waals surface area contributed by atoms with E-state index in [-0.39, 0.29) is 10.9 Å². The second-order valence-electron chi connectivity index (χ2n) is 6.92. The SMILES string of the molecule is O=S(=O)(NC1C2CCc3ccccc3C21)c1cccc2c1OCC2. The average molecular weight is 341 g/mol. The molecule has 0 saturated heterocycles. The Morgan fingerprint density at radius 3 is 2.75 bits per heavy atom. The highest BCUT2D eigenvalue weighted by Crippen LogP contribution is 2.55. The van der Waals surface area contributed by atoms with Crippen LogP contribution in [0.15, 0.2) is 47.4 Å². The third-order valence-corrected chi connectivity index (χ3v) is 7.07. The van der Waals surface area contributed by atoms with Gasteiger partial charge < -0.3 is 4.74 Å². The Bertz CT molecular complexity index is 922. The van der Waals surface area contributed by atoms with E-state index in [9.17, 15) is 8.42 Å². The van der Waals surface area contributed by atoms with Gasteiger partial charge in [0.05, 0.1) is 6.61 Å². The molecule has 3 unspecified atom stereocenters. The molecule has 0 aromatic heterocycles. The summed E-state index contributed by atoms with van der Waals surface area (Å²) in [6.07, 6.45) is 2.87. The first-order valence-corrected chi connectivity index (χ1v) is 9.98. The molecule has 124 valence electrons. The smallest absolute Gasteiger partial charge is 0.244 e. The fourth-order valence-corrected chi connectivity index (χ4v) is 5.86. The molecule has 5 rings (SSSR count). The van der Waals surface area contributed by atoms with Gasteiger partial charge in [0.1, 0.15) is 10.6 Å². The quantitative estimate of drug-likeness (QED) is 0.934. The summed E-state index contributed by atoms with van der Waals surface area (Å²) in [5.74, 6) is 1.28. The van der Waals surface area contributed by atoms with Gasteiger partial charge in [-0.05, 0) is 41.5 Å². The van der Waals surface area contributed by atoms with Gasteiger partial charge in [0.2, 0.25) is 10.0 Å². The van der Waals surface area contributed by atoms with Gasteiger partial charge in [-0.1, -0.05) is 36.4 Å². The van der Waals surface area contributed by atoms with E-state index in [0.717, 1.165) is 24.8 Å². The zero-order chi connectivity index (χ0) is 16.3. The largest absolute Gasteiger partial charge is 0.492 e. The van der Waals surface area contributed by atoms with Gasteiger partial charge in [0, 0.05) is 18.4 Å². The molecule has 0 radical (unpaired) electrons. The van der Waals surface area contributed by atoms with Gasteiger partial charge in [-0.2, -0.15) is 0 Å². The number of benzene rings is 2. The molecule has 3 aliphatic rings. The topological polar surface area (TPSA) is 55.4 Å². The minimum Gasteiger partial charge on any atom is -0.492 e. The Hall–Kier alpha value is -1.85. The number of aryl methyl sites for hydroxylation is 1. The average Bonchev–Trinajstić information content (AvgIpc) is 3.05. The first-order valence-electron chi connectivity index (χ1n) is 8.50. The molecule has 1 saturated carbocycles. The molecule has 1 aliphatic heterocycles. The molecular formula is C19H19NO3S. The molecular weight excluding hydrogens is 322 g/mol. The van der Waals surface area contributed by atoms with E-state index in [4.69, 9.17) is 4.74 Å². The fourth-order valence-electron chi connectivity index (χ4n) is 4.37. The second-order valence-corrected chi connectivity index (χ2v) is 8.60. The van der Waals surface area contributed by atoms with Crippen molar-refractivity contribution in [2.45, 2.75) is 36.1 Å². The maximum absolute atomic E-state index is 12.9. The third-order valence-electron chi connectivity index (χ3n) is 5.59. The second kappa shape index (κ2) is 5.07. The molecule has 4 nitrogen and oxygen atoms in total. The van der Waals surface area contributed by atoms with Crippen LogP contribution in [0, 0.1) is 5.92 Å². The summed E-state index contributed by atoms with van der Waals surface area (Å²) in [5.41, 5.74) is 3.66. The molecule has 24 heavy (non-hydrogen) atoms. The standard InChI is InChI=1S/C19H19NO3S/c21-24(22,16-7-3-5-13-10-11-23-19(13)16)20-18-15-9-8-12-4-1-2-6-14(12)17(15)18/h1-7,15,17-18,20H,8-11H2. The molecule has 2 aromatic rings. The van der Waals surface area contributed by atoms with E-state index in [1.165, 1.54) is 11.1 Å². The Morgan fingerprint density at radius 2 is 1.83 bits per heavy atom. The number of hydrogen-bond donors (Lipinski definition) is 1. The number of para-hydroxylation sites is 1. The van der Waals surface area contributed by atoms with E-state index in [1.807, 2.05) is 12.1 Å². The molecule has 5 heteroatoms. The highest BCUT2D eigenvalue weighted by molar-refractivity contribution is 7.89. The number of nitrogens with one attached hydrogen (secondary N) is 1. The van der Waals surface area contributed by atoms with Crippen LogP contribution in [0.5, 0.6) is 5.75 Å².